The Kier molecular flexibility index (Phi) is 3.06. The normalized spacial score (nSPS) is 22.8. The predicted molar refractivity (Wildman–Crippen MR) is 84.6 cm³/mol. The van der Waals surface area contributed by atoms with E-state index >= 15 is 0 Å². The van der Waals surface area contributed by atoms with Gasteiger partial charge in [0.15, 0.2) is 0 Å². The molecule has 1 N–H and O–H groups in total. The molecule has 1 saturated carbocycles. The lowest BCUT2D eigenvalue weighted by atomic mass is 9.94. The molecule has 1 aliphatic carbocycles. The van der Waals surface area contributed by atoms with Crippen LogP contribution in [-0.4, -0.2) is 34.1 Å². The smallest absolute Gasteiger partial charge is 0.233 e. The molecule has 1 amide bonds. The molecule has 1 aliphatic heterocycles. The van der Waals surface area contributed by atoms with Gasteiger partial charge >= 0.3 is 0 Å². The van der Waals surface area contributed by atoms with Crippen LogP contribution in [0.3, 0.4) is 0 Å². The molecule has 1 saturated heterocycles. The van der Waals surface area contributed by atoms with E-state index in [0.29, 0.717) is 11.8 Å². The van der Waals surface area contributed by atoms with E-state index in [2.05, 4.69) is 34.2 Å². The zero-order valence-corrected chi connectivity index (χ0v) is 12.9. The number of hydrogen-bond acceptors (Lipinski definition) is 2. The van der Waals surface area contributed by atoms with Crippen molar-refractivity contribution in [1.82, 2.24) is 15.1 Å². The highest BCUT2D eigenvalue weighted by Gasteiger charge is 2.53. The number of carbonyl (C=O) groups excluding carboxylic acids is 1. The number of rotatable bonds is 3. The summed E-state index contributed by atoms with van der Waals surface area (Å²) in [5.74, 6) is 0.719. The maximum atomic E-state index is 13.0. The quantitative estimate of drug-likeness (QED) is 0.946. The van der Waals surface area contributed by atoms with E-state index in [1.165, 1.54) is 16.8 Å². The summed E-state index contributed by atoms with van der Waals surface area (Å²) in [4.78, 5) is 15.1. The van der Waals surface area contributed by atoms with E-state index in [1.54, 1.807) is 0 Å². The van der Waals surface area contributed by atoms with Crippen LogP contribution >= 0.6 is 0 Å². The molecule has 0 spiro atoms. The molecule has 1 aromatic carbocycles. The Bertz CT molecular complexity index is 687. The first-order chi connectivity index (χ1) is 10.7. The van der Waals surface area contributed by atoms with Crippen LogP contribution in [0.1, 0.15) is 42.0 Å². The molecule has 1 atom stereocenters. The predicted octanol–water partition coefficient (Wildman–Crippen LogP) is 2.77. The van der Waals surface area contributed by atoms with E-state index in [4.69, 9.17) is 0 Å². The average Bonchev–Trinajstić information content (AvgIpc) is 3.02. The maximum Gasteiger partial charge on any atom is 0.233 e. The van der Waals surface area contributed by atoms with Crippen molar-refractivity contribution in [1.29, 1.82) is 0 Å². The number of carbonyl (C=O) groups is 1. The molecule has 2 aliphatic rings. The largest absolute Gasteiger partial charge is 0.341 e. The number of benzene rings is 1. The van der Waals surface area contributed by atoms with E-state index in [-0.39, 0.29) is 5.41 Å². The Morgan fingerprint density at radius 1 is 1.32 bits per heavy atom. The number of nitrogens with one attached hydrogen (secondary N) is 1. The van der Waals surface area contributed by atoms with Crippen molar-refractivity contribution >= 4 is 5.91 Å². The second kappa shape index (κ2) is 4.97. The molecular formula is C18H21N3O. The summed E-state index contributed by atoms with van der Waals surface area (Å²) in [7, 11) is 0. The molecule has 2 heterocycles. The van der Waals surface area contributed by atoms with Gasteiger partial charge in [-0.25, -0.2) is 0 Å². The van der Waals surface area contributed by atoms with Crippen LogP contribution in [0.5, 0.6) is 0 Å². The van der Waals surface area contributed by atoms with Crippen LogP contribution in [-0.2, 0) is 10.2 Å². The van der Waals surface area contributed by atoms with Gasteiger partial charge in [0, 0.05) is 24.7 Å². The Hall–Kier alpha value is -2.10. The third kappa shape index (κ3) is 2.05. The van der Waals surface area contributed by atoms with Gasteiger partial charge in [-0.05, 0) is 37.3 Å². The van der Waals surface area contributed by atoms with Crippen molar-refractivity contribution in [2.45, 2.75) is 37.5 Å². The molecule has 0 unspecified atom stereocenters. The fraction of sp³-hybridized carbons (Fsp3) is 0.444. The molecule has 2 fully saturated rings. The second-order valence-corrected chi connectivity index (χ2v) is 6.65. The molecule has 1 aromatic heterocycles. The SMILES string of the molecule is Cc1cn[nH]c1[C@@H]1CCN(C(=O)C2(c3ccccc3)CC2)C1. The minimum absolute atomic E-state index is 0.237. The van der Waals surface area contributed by atoms with Crippen molar-refractivity contribution in [3.8, 4) is 0 Å². The van der Waals surface area contributed by atoms with Crippen molar-refractivity contribution < 1.29 is 4.79 Å². The number of nitrogens with zero attached hydrogens (tertiary/aromatic N) is 2. The fourth-order valence-corrected chi connectivity index (χ4v) is 3.76. The first-order valence-corrected chi connectivity index (χ1v) is 8.05. The number of aromatic amines is 1. The number of amides is 1. The molecule has 0 bridgehead atoms. The highest BCUT2D eigenvalue weighted by atomic mass is 16.2. The first-order valence-electron chi connectivity index (χ1n) is 8.05. The minimum atomic E-state index is -0.237. The monoisotopic (exact) mass is 295 g/mol. The highest BCUT2D eigenvalue weighted by Crippen LogP contribution is 2.50. The number of aromatic nitrogens is 2. The van der Waals surface area contributed by atoms with Crippen molar-refractivity contribution in [2.75, 3.05) is 13.1 Å². The van der Waals surface area contributed by atoms with Gasteiger partial charge < -0.3 is 4.90 Å². The summed E-state index contributed by atoms with van der Waals surface area (Å²) in [5, 5.41) is 7.22. The van der Waals surface area contributed by atoms with Crippen LogP contribution in [0.2, 0.25) is 0 Å². The molecular weight excluding hydrogens is 274 g/mol. The molecule has 4 nitrogen and oxygen atoms in total. The second-order valence-electron chi connectivity index (χ2n) is 6.65. The van der Waals surface area contributed by atoms with Crippen molar-refractivity contribution in [3.63, 3.8) is 0 Å². The topological polar surface area (TPSA) is 49.0 Å². The lowest BCUT2D eigenvalue weighted by Crippen LogP contribution is -2.37. The van der Waals surface area contributed by atoms with Crippen molar-refractivity contribution in [2.24, 2.45) is 0 Å². The van der Waals surface area contributed by atoms with Gasteiger partial charge in [-0.3, -0.25) is 9.89 Å². The number of hydrogen-bond donors (Lipinski definition) is 1. The fourth-order valence-electron chi connectivity index (χ4n) is 3.76. The Labute approximate surface area is 130 Å². The third-order valence-corrected chi connectivity index (χ3v) is 5.24. The van der Waals surface area contributed by atoms with Gasteiger partial charge in [-0.2, -0.15) is 5.10 Å². The molecule has 0 radical (unpaired) electrons. The van der Waals surface area contributed by atoms with Crippen LogP contribution in [0.4, 0.5) is 0 Å². The highest BCUT2D eigenvalue weighted by molar-refractivity contribution is 5.91. The Morgan fingerprint density at radius 2 is 2.09 bits per heavy atom. The van der Waals surface area contributed by atoms with E-state index < -0.39 is 0 Å². The summed E-state index contributed by atoms with van der Waals surface area (Å²) in [6.07, 6.45) is 4.87. The van der Waals surface area contributed by atoms with Crippen LogP contribution in [0.25, 0.3) is 0 Å². The first kappa shape index (κ1) is 13.6. The van der Waals surface area contributed by atoms with Gasteiger partial charge in [0.1, 0.15) is 0 Å². The van der Waals surface area contributed by atoms with E-state index in [0.717, 1.165) is 32.4 Å². The van der Waals surface area contributed by atoms with E-state index in [1.807, 2.05) is 24.4 Å². The third-order valence-electron chi connectivity index (χ3n) is 5.24. The lowest BCUT2D eigenvalue weighted by molar-refractivity contribution is -0.132. The number of H-pyrrole nitrogens is 1. The molecule has 4 rings (SSSR count). The maximum absolute atomic E-state index is 13.0. The van der Waals surface area contributed by atoms with E-state index in [9.17, 15) is 4.79 Å². The zero-order chi connectivity index (χ0) is 15.2. The summed E-state index contributed by atoms with van der Waals surface area (Å²) in [6.45, 7) is 3.75. The standard InChI is InChI=1S/C18H21N3O/c1-13-11-19-20-16(13)14-7-10-21(12-14)17(22)18(8-9-18)15-5-3-2-4-6-15/h2-6,11,14H,7-10,12H2,1H3,(H,19,20)/t14-/m1/s1. The van der Waals surface area contributed by atoms with Crippen molar-refractivity contribution in [3.05, 3.63) is 53.3 Å². The lowest BCUT2D eigenvalue weighted by Gasteiger charge is -2.23. The molecule has 4 heteroatoms. The van der Waals surface area contributed by atoms with Crippen LogP contribution in [0.15, 0.2) is 36.5 Å². The summed E-state index contributed by atoms with van der Waals surface area (Å²) >= 11 is 0. The molecule has 22 heavy (non-hydrogen) atoms. The van der Waals surface area contributed by atoms with Gasteiger partial charge in [0.25, 0.3) is 0 Å². The Balaban J connectivity index is 1.52. The molecule has 2 aromatic rings. The molecule has 114 valence electrons. The van der Waals surface area contributed by atoms with Gasteiger partial charge in [0.05, 0.1) is 11.6 Å². The van der Waals surface area contributed by atoms with Crippen LogP contribution < -0.4 is 0 Å². The zero-order valence-electron chi connectivity index (χ0n) is 12.9. The van der Waals surface area contributed by atoms with Gasteiger partial charge in [-0.15, -0.1) is 0 Å². The number of aryl methyl sites for hydroxylation is 1. The minimum Gasteiger partial charge on any atom is -0.341 e. The van der Waals surface area contributed by atoms with Gasteiger partial charge in [0.2, 0.25) is 5.91 Å². The van der Waals surface area contributed by atoms with Gasteiger partial charge in [-0.1, -0.05) is 30.3 Å². The number of likely N-dealkylation sites (tertiary alicyclic amines) is 1. The Morgan fingerprint density at radius 3 is 2.73 bits per heavy atom. The summed E-state index contributed by atoms with van der Waals surface area (Å²) < 4.78 is 0. The summed E-state index contributed by atoms with van der Waals surface area (Å²) in [6, 6.07) is 10.3. The summed E-state index contributed by atoms with van der Waals surface area (Å²) in [5.41, 5.74) is 3.34. The van der Waals surface area contributed by atoms with Crippen LogP contribution in [0, 0.1) is 6.92 Å². The average molecular weight is 295 g/mol.